The quantitative estimate of drug-likeness (QED) is 0.813. The number of likely N-dealkylation sites (tertiary alicyclic amines) is 1. The van der Waals surface area contributed by atoms with Gasteiger partial charge in [0.05, 0.1) is 19.1 Å². The zero-order valence-corrected chi connectivity index (χ0v) is 13.2. The number of fused-ring (bicyclic) bond motifs is 1. The summed E-state index contributed by atoms with van der Waals surface area (Å²) in [5.41, 5.74) is 0.957. The Balaban J connectivity index is 1.65. The Hall–Kier alpha value is -1.18. The summed E-state index contributed by atoms with van der Waals surface area (Å²) < 4.78 is 30.2. The van der Waals surface area contributed by atoms with E-state index in [-0.39, 0.29) is 6.04 Å². The van der Waals surface area contributed by atoms with Gasteiger partial charge in [-0.1, -0.05) is 6.07 Å². The van der Waals surface area contributed by atoms with Crippen molar-refractivity contribution >= 4 is 10.0 Å². The molecule has 0 saturated carbocycles. The number of hydrogen-bond acceptors (Lipinski definition) is 5. The van der Waals surface area contributed by atoms with E-state index in [0.29, 0.717) is 18.3 Å². The Kier molecular flexibility index (Phi) is 3.90. The second kappa shape index (κ2) is 5.55. The van der Waals surface area contributed by atoms with Gasteiger partial charge in [0, 0.05) is 31.7 Å². The molecule has 116 valence electrons. The average Bonchev–Trinajstić information content (AvgIpc) is 2.40. The third-order valence-electron chi connectivity index (χ3n) is 4.39. The Morgan fingerprint density at radius 3 is 2.90 bits per heavy atom. The largest absolute Gasteiger partial charge is 0.481 e. The molecule has 0 aliphatic carbocycles. The molecule has 3 heterocycles. The van der Waals surface area contributed by atoms with Gasteiger partial charge in [0.2, 0.25) is 15.9 Å². The molecule has 7 heteroatoms. The summed E-state index contributed by atoms with van der Waals surface area (Å²) in [6.07, 6.45) is 2.35. The predicted octanol–water partition coefficient (Wildman–Crippen LogP) is 0.556. The van der Waals surface area contributed by atoms with Crippen LogP contribution in [0.5, 0.6) is 5.88 Å². The molecule has 0 unspecified atom stereocenters. The van der Waals surface area contributed by atoms with Gasteiger partial charge < -0.3 is 4.74 Å². The summed E-state index contributed by atoms with van der Waals surface area (Å²) in [4.78, 5) is 6.70. The van der Waals surface area contributed by atoms with Crippen molar-refractivity contribution in [1.29, 1.82) is 0 Å². The molecule has 6 nitrogen and oxygen atoms in total. The first-order valence-corrected chi connectivity index (χ1v) is 9.01. The molecule has 2 aliphatic heterocycles. The van der Waals surface area contributed by atoms with Gasteiger partial charge in [-0.05, 0) is 24.9 Å². The van der Waals surface area contributed by atoms with Crippen LogP contribution in [0.1, 0.15) is 12.1 Å². The summed E-state index contributed by atoms with van der Waals surface area (Å²) in [5, 5.41) is 0. The molecular weight excluding hydrogens is 290 g/mol. The lowest BCUT2D eigenvalue weighted by Crippen LogP contribution is -2.65. The number of pyridine rings is 1. The number of methoxy groups -OCH3 is 1. The van der Waals surface area contributed by atoms with E-state index in [4.69, 9.17) is 4.74 Å². The molecule has 21 heavy (non-hydrogen) atoms. The predicted molar refractivity (Wildman–Crippen MR) is 79.5 cm³/mol. The Morgan fingerprint density at radius 1 is 1.38 bits per heavy atom. The summed E-state index contributed by atoms with van der Waals surface area (Å²) in [6.45, 7) is 3.21. The van der Waals surface area contributed by atoms with E-state index in [9.17, 15) is 8.42 Å². The number of sulfonamides is 1. The molecule has 2 aliphatic rings. The van der Waals surface area contributed by atoms with E-state index in [0.717, 1.165) is 31.7 Å². The lowest BCUT2D eigenvalue weighted by atomic mass is 9.85. The minimum absolute atomic E-state index is 0.138. The van der Waals surface area contributed by atoms with Crippen molar-refractivity contribution in [3.8, 4) is 5.88 Å². The summed E-state index contributed by atoms with van der Waals surface area (Å²) in [7, 11) is -1.47. The van der Waals surface area contributed by atoms with Crippen molar-refractivity contribution in [3.05, 3.63) is 23.9 Å². The monoisotopic (exact) mass is 311 g/mol. The molecule has 1 aromatic heterocycles. The number of piperidine rings is 1. The number of rotatable bonds is 4. The molecule has 2 atom stereocenters. The van der Waals surface area contributed by atoms with Crippen LogP contribution in [0.2, 0.25) is 0 Å². The van der Waals surface area contributed by atoms with Crippen LogP contribution in [0.15, 0.2) is 18.2 Å². The van der Waals surface area contributed by atoms with Crippen LogP contribution in [0.4, 0.5) is 0 Å². The fourth-order valence-electron chi connectivity index (χ4n) is 3.23. The standard InChI is InChI=1S/C14H21N3O3S/c1-20-14-5-3-4-12(15-14)9-16-7-6-11-8-17(13(11)10-16)21(2,18)19/h3-5,11,13H,6-10H2,1-2H3/t11-,13-/m1/s1. The molecule has 0 spiro atoms. The highest BCUT2D eigenvalue weighted by atomic mass is 32.2. The van der Waals surface area contributed by atoms with Crippen molar-refractivity contribution in [3.63, 3.8) is 0 Å². The van der Waals surface area contributed by atoms with Gasteiger partial charge in [-0.3, -0.25) is 4.90 Å². The molecule has 0 radical (unpaired) electrons. The first-order valence-electron chi connectivity index (χ1n) is 7.16. The fraction of sp³-hybridized carbons (Fsp3) is 0.643. The van der Waals surface area contributed by atoms with Crippen LogP contribution in [0.3, 0.4) is 0 Å². The summed E-state index contributed by atoms with van der Waals surface area (Å²) in [6, 6.07) is 5.87. The van der Waals surface area contributed by atoms with Crippen molar-refractivity contribution < 1.29 is 13.2 Å². The number of hydrogen-bond donors (Lipinski definition) is 0. The second-order valence-electron chi connectivity index (χ2n) is 5.86. The van der Waals surface area contributed by atoms with Gasteiger partial charge in [-0.2, -0.15) is 4.31 Å². The third-order valence-corrected chi connectivity index (χ3v) is 5.66. The van der Waals surface area contributed by atoms with Gasteiger partial charge in [0.25, 0.3) is 0 Å². The van der Waals surface area contributed by atoms with Gasteiger partial charge in [-0.25, -0.2) is 13.4 Å². The van der Waals surface area contributed by atoms with Gasteiger partial charge in [0.15, 0.2) is 0 Å². The van der Waals surface area contributed by atoms with Crippen molar-refractivity contribution in [1.82, 2.24) is 14.2 Å². The van der Waals surface area contributed by atoms with Crippen LogP contribution in [0.25, 0.3) is 0 Å². The maximum atomic E-state index is 11.7. The van der Waals surface area contributed by atoms with E-state index in [2.05, 4.69) is 9.88 Å². The molecule has 0 aromatic carbocycles. The zero-order chi connectivity index (χ0) is 15.0. The van der Waals surface area contributed by atoms with Crippen LogP contribution < -0.4 is 4.74 Å². The Morgan fingerprint density at radius 2 is 2.19 bits per heavy atom. The highest BCUT2D eigenvalue weighted by molar-refractivity contribution is 7.88. The molecule has 0 bridgehead atoms. The minimum Gasteiger partial charge on any atom is -0.481 e. The topological polar surface area (TPSA) is 62.7 Å². The van der Waals surface area contributed by atoms with E-state index in [1.807, 2.05) is 18.2 Å². The van der Waals surface area contributed by atoms with Crippen LogP contribution in [0, 0.1) is 5.92 Å². The Labute approximate surface area is 125 Å². The van der Waals surface area contributed by atoms with Crippen LogP contribution in [-0.4, -0.2) is 61.6 Å². The van der Waals surface area contributed by atoms with Gasteiger partial charge in [0.1, 0.15) is 0 Å². The lowest BCUT2D eigenvalue weighted by Gasteiger charge is -2.51. The van der Waals surface area contributed by atoms with Crippen molar-refractivity contribution in [2.75, 3.05) is 33.0 Å². The number of nitrogens with zero attached hydrogens (tertiary/aromatic N) is 3. The van der Waals surface area contributed by atoms with Crippen LogP contribution >= 0.6 is 0 Å². The molecule has 0 amide bonds. The van der Waals surface area contributed by atoms with Crippen molar-refractivity contribution in [2.45, 2.75) is 19.0 Å². The van der Waals surface area contributed by atoms with E-state index >= 15 is 0 Å². The van der Waals surface area contributed by atoms with Gasteiger partial charge in [-0.15, -0.1) is 0 Å². The van der Waals surface area contributed by atoms with E-state index in [1.54, 1.807) is 11.4 Å². The zero-order valence-electron chi connectivity index (χ0n) is 12.4. The smallest absolute Gasteiger partial charge is 0.213 e. The molecule has 1 aromatic rings. The molecule has 3 rings (SSSR count). The average molecular weight is 311 g/mol. The number of ether oxygens (including phenoxy) is 1. The molecule has 0 N–H and O–H groups in total. The molecule has 2 fully saturated rings. The Bertz CT molecular complexity index is 620. The lowest BCUT2D eigenvalue weighted by molar-refractivity contribution is 0.0105. The van der Waals surface area contributed by atoms with Crippen molar-refractivity contribution in [2.24, 2.45) is 5.92 Å². The maximum Gasteiger partial charge on any atom is 0.213 e. The normalized spacial score (nSPS) is 27.0. The summed E-state index contributed by atoms with van der Waals surface area (Å²) in [5.74, 6) is 1.14. The first kappa shape index (κ1) is 14.7. The highest BCUT2D eigenvalue weighted by Gasteiger charge is 2.46. The maximum absolute atomic E-state index is 11.7. The SMILES string of the molecule is COc1cccc(CN2CC[C@@H]3CN(S(C)(=O)=O)[C@@H]3C2)n1. The third kappa shape index (κ3) is 3.04. The summed E-state index contributed by atoms with van der Waals surface area (Å²) >= 11 is 0. The van der Waals surface area contributed by atoms with Gasteiger partial charge >= 0.3 is 0 Å². The molecular formula is C14H21N3O3S. The first-order chi connectivity index (χ1) is 9.97. The van der Waals surface area contributed by atoms with Crippen LogP contribution in [-0.2, 0) is 16.6 Å². The minimum atomic E-state index is -3.07. The van der Waals surface area contributed by atoms with E-state index < -0.39 is 10.0 Å². The molecule has 2 saturated heterocycles. The van der Waals surface area contributed by atoms with E-state index in [1.165, 1.54) is 6.26 Å². The fourth-order valence-corrected chi connectivity index (χ4v) is 4.42. The highest BCUT2D eigenvalue weighted by Crippen LogP contribution is 2.34. The second-order valence-corrected chi connectivity index (χ2v) is 7.79. The number of aromatic nitrogens is 1.